The quantitative estimate of drug-likeness (QED) is 0.367. The summed E-state index contributed by atoms with van der Waals surface area (Å²) < 4.78 is 51.3. The van der Waals surface area contributed by atoms with Crippen molar-refractivity contribution in [3.05, 3.63) is 34.4 Å². The standard InChI is InChI=1S/C9H8F4.2C2H6/c1-3-5-6(10)4(2)7(11)9(13)8(5)12;2*1-2/h3H2,1-2H3;2*1-2H3. The van der Waals surface area contributed by atoms with Crippen molar-refractivity contribution < 1.29 is 17.6 Å². The maximum atomic E-state index is 13.1. The summed E-state index contributed by atoms with van der Waals surface area (Å²) in [6, 6.07) is 0. The molecule has 0 aliphatic carbocycles. The zero-order chi connectivity index (χ0) is 14.2. The van der Waals surface area contributed by atoms with Gasteiger partial charge in [0.25, 0.3) is 0 Å². The van der Waals surface area contributed by atoms with Gasteiger partial charge in [0, 0.05) is 11.1 Å². The second-order valence-corrected chi connectivity index (χ2v) is 2.71. The van der Waals surface area contributed by atoms with E-state index in [4.69, 9.17) is 0 Å². The van der Waals surface area contributed by atoms with Crippen LogP contribution in [0.15, 0.2) is 0 Å². The van der Waals surface area contributed by atoms with Crippen LogP contribution in [0.4, 0.5) is 17.6 Å². The van der Waals surface area contributed by atoms with E-state index in [-0.39, 0.29) is 6.42 Å². The Morgan fingerprint density at radius 1 is 0.706 bits per heavy atom. The predicted octanol–water partition coefficient (Wildman–Crippen LogP) is 5.17. The molecular formula is C13H20F4. The molecule has 17 heavy (non-hydrogen) atoms. The van der Waals surface area contributed by atoms with Gasteiger partial charge in [-0.05, 0) is 13.3 Å². The molecule has 0 N–H and O–H groups in total. The van der Waals surface area contributed by atoms with E-state index < -0.39 is 34.4 Å². The van der Waals surface area contributed by atoms with Gasteiger partial charge in [-0.15, -0.1) is 0 Å². The summed E-state index contributed by atoms with van der Waals surface area (Å²) in [6.45, 7) is 10.5. The van der Waals surface area contributed by atoms with Gasteiger partial charge in [0.05, 0.1) is 0 Å². The average molecular weight is 252 g/mol. The van der Waals surface area contributed by atoms with Crippen LogP contribution in [0.3, 0.4) is 0 Å². The van der Waals surface area contributed by atoms with Crippen LogP contribution < -0.4 is 0 Å². The van der Waals surface area contributed by atoms with E-state index in [0.717, 1.165) is 6.92 Å². The highest BCUT2D eigenvalue weighted by Crippen LogP contribution is 2.23. The summed E-state index contributed by atoms with van der Waals surface area (Å²) in [5.74, 6) is -5.48. The fourth-order valence-corrected chi connectivity index (χ4v) is 1.12. The first-order valence-electron chi connectivity index (χ1n) is 5.82. The van der Waals surface area contributed by atoms with Crippen molar-refractivity contribution in [2.24, 2.45) is 0 Å². The summed E-state index contributed by atoms with van der Waals surface area (Å²) in [5, 5.41) is 0. The third-order valence-corrected chi connectivity index (χ3v) is 1.93. The molecule has 0 fully saturated rings. The fraction of sp³-hybridized carbons (Fsp3) is 0.538. The number of rotatable bonds is 1. The second-order valence-electron chi connectivity index (χ2n) is 2.71. The molecule has 0 amide bonds. The molecule has 0 aliphatic heterocycles. The van der Waals surface area contributed by atoms with Crippen molar-refractivity contribution >= 4 is 0 Å². The lowest BCUT2D eigenvalue weighted by Gasteiger charge is -2.07. The number of benzene rings is 1. The Kier molecular flexibility index (Phi) is 9.72. The molecule has 100 valence electrons. The molecule has 0 spiro atoms. The Labute approximate surface area is 101 Å². The molecule has 1 aromatic carbocycles. The molecule has 0 aliphatic rings. The third kappa shape index (κ3) is 4.02. The van der Waals surface area contributed by atoms with E-state index in [0.29, 0.717) is 0 Å². The van der Waals surface area contributed by atoms with Crippen LogP contribution in [0.2, 0.25) is 0 Å². The summed E-state index contributed by atoms with van der Waals surface area (Å²) in [6.07, 6.45) is -0.00426. The summed E-state index contributed by atoms with van der Waals surface area (Å²) in [7, 11) is 0. The molecule has 1 rings (SSSR count). The highest BCUT2D eigenvalue weighted by molar-refractivity contribution is 5.29. The third-order valence-electron chi connectivity index (χ3n) is 1.93. The maximum Gasteiger partial charge on any atom is 0.195 e. The van der Waals surface area contributed by atoms with Crippen LogP contribution in [-0.4, -0.2) is 0 Å². The number of halogens is 4. The van der Waals surface area contributed by atoms with Crippen LogP contribution in [0.25, 0.3) is 0 Å². The molecule has 0 nitrogen and oxygen atoms in total. The van der Waals surface area contributed by atoms with Gasteiger partial charge in [-0.1, -0.05) is 34.6 Å². The van der Waals surface area contributed by atoms with Crippen LogP contribution >= 0.6 is 0 Å². The number of hydrogen-bond acceptors (Lipinski definition) is 0. The van der Waals surface area contributed by atoms with Gasteiger partial charge in [-0.25, -0.2) is 17.6 Å². The minimum absolute atomic E-state index is 0.00426. The van der Waals surface area contributed by atoms with Gasteiger partial charge in [-0.3, -0.25) is 0 Å². The van der Waals surface area contributed by atoms with E-state index in [1.54, 1.807) is 0 Å². The summed E-state index contributed by atoms with van der Waals surface area (Å²) in [4.78, 5) is 0. The molecule has 0 heterocycles. The average Bonchev–Trinajstić information content (AvgIpc) is 2.39. The second kappa shape index (κ2) is 9.02. The van der Waals surface area contributed by atoms with E-state index in [9.17, 15) is 17.6 Å². The predicted molar refractivity (Wildman–Crippen MR) is 63.1 cm³/mol. The van der Waals surface area contributed by atoms with Crippen LogP contribution in [0.5, 0.6) is 0 Å². The monoisotopic (exact) mass is 252 g/mol. The molecule has 0 saturated carbocycles. The van der Waals surface area contributed by atoms with Gasteiger partial charge in [0.1, 0.15) is 5.82 Å². The van der Waals surface area contributed by atoms with E-state index in [2.05, 4.69) is 0 Å². The number of hydrogen-bond donors (Lipinski definition) is 0. The topological polar surface area (TPSA) is 0 Å². The molecule has 0 bridgehead atoms. The van der Waals surface area contributed by atoms with Gasteiger partial charge in [-0.2, -0.15) is 0 Å². The van der Waals surface area contributed by atoms with Gasteiger partial charge in [0.2, 0.25) is 0 Å². The zero-order valence-corrected chi connectivity index (χ0v) is 11.2. The first kappa shape index (κ1) is 18.3. The lowest BCUT2D eigenvalue weighted by Crippen LogP contribution is -2.05. The van der Waals surface area contributed by atoms with Crippen molar-refractivity contribution in [2.45, 2.75) is 48.0 Å². The van der Waals surface area contributed by atoms with Crippen molar-refractivity contribution in [1.29, 1.82) is 0 Å². The van der Waals surface area contributed by atoms with E-state index >= 15 is 0 Å². The molecule has 0 aromatic heterocycles. The van der Waals surface area contributed by atoms with Crippen molar-refractivity contribution in [2.75, 3.05) is 0 Å². The minimum atomic E-state index is -1.60. The first-order chi connectivity index (χ1) is 8.00. The SMILES string of the molecule is CC.CC.CCc1c(F)c(C)c(F)c(F)c1F. The molecule has 0 unspecified atom stereocenters. The Balaban J connectivity index is 0. The molecule has 0 radical (unpaired) electrons. The van der Waals surface area contributed by atoms with Crippen molar-refractivity contribution in [3.8, 4) is 0 Å². The van der Waals surface area contributed by atoms with Gasteiger partial charge >= 0.3 is 0 Å². The Morgan fingerprint density at radius 2 is 1.12 bits per heavy atom. The zero-order valence-electron chi connectivity index (χ0n) is 11.2. The highest BCUT2D eigenvalue weighted by Gasteiger charge is 2.21. The smallest absolute Gasteiger partial charge is 0.195 e. The Bertz CT molecular complexity index is 317. The molecule has 0 atom stereocenters. The fourth-order valence-electron chi connectivity index (χ4n) is 1.12. The lowest BCUT2D eigenvalue weighted by molar-refractivity contribution is 0.420. The highest BCUT2D eigenvalue weighted by atomic mass is 19.2. The Hall–Kier alpha value is -1.06. The summed E-state index contributed by atoms with van der Waals surface area (Å²) >= 11 is 0. The molecule has 1 aromatic rings. The van der Waals surface area contributed by atoms with Gasteiger partial charge in [0.15, 0.2) is 17.5 Å². The van der Waals surface area contributed by atoms with Gasteiger partial charge < -0.3 is 0 Å². The van der Waals surface area contributed by atoms with Crippen molar-refractivity contribution in [3.63, 3.8) is 0 Å². The summed E-state index contributed by atoms with van der Waals surface area (Å²) in [5.41, 5.74) is -0.882. The first-order valence-corrected chi connectivity index (χ1v) is 5.82. The lowest BCUT2D eigenvalue weighted by atomic mass is 10.1. The maximum absolute atomic E-state index is 13.1. The van der Waals surface area contributed by atoms with Crippen LogP contribution in [-0.2, 0) is 6.42 Å². The molecule has 4 heteroatoms. The van der Waals surface area contributed by atoms with E-state index in [1.165, 1.54) is 6.92 Å². The van der Waals surface area contributed by atoms with Crippen LogP contribution in [0, 0.1) is 30.2 Å². The normalized spacial score (nSPS) is 8.82. The largest absolute Gasteiger partial charge is 0.206 e. The molecule has 0 saturated heterocycles. The van der Waals surface area contributed by atoms with E-state index in [1.807, 2.05) is 27.7 Å². The Morgan fingerprint density at radius 3 is 1.47 bits per heavy atom. The minimum Gasteiger partial charge on any atom is -0.206 e. The van der Waals surface area contributed by atoms with Crippen LogP contribution in [0.1, 0.15) is 45.7 Å². The van der Waals surface area contributed by atoms with Crippen molar-refractivity contribution in [1.82, 2.24) is 0 Å². The molecular weight excluding hydrogens is 232 g/mol.